The first-order valence-corrected chi connectivity index (χ1v) is 7.66. The fraction of sp³-hybridized carbons (Fsp3) is 0.400. The maximum Gasteiger partial charge on any atom is 1.00 e. The quantitative estimate of drug-likeness (QED) is 0.441. The van der Waals surface area contributed by atoms with Crippen molar-refractivity contribution in [3.05, 3.63) is 30.2 Å². The molecular weight excluding hydrogens is 356 g/mol. The number of nitrogens with zero attached hydrogens (tertiary/aromatic N) is 5. The smallest absolute Gasteiger partial charge is 1.00 e. The van der Waals surface area contributed by atoms with Gasteiger partial charge in [-0.3, -0.25) is 14.7 Å². The Labute approximate surface area is 167 Å². The van der Waals surface area contributed by atoms with Crippen LogP contribution in [0.1, 0.15) is 8.35 Å². The van der Waals surface area contributed by atoms with E-state index in [1.165, 1.54) is 35.4 Å². The number of carbonyl (C=O) groups is 3. The average Bonchev–Trinajstić information content (AvgIpc) is 2.86. The van der Waals surface area contributed by atoms with Gasteiger partial charge in [-0.25, -0.2) is 23.8 Å². The van der Waals surface area contributed by atoms with Gasteiger partial charge < -0.3 is 11.4 Å². The first-order valence-electron chi connectivity index (χ1n) is 7.66. The summed E-state index contributed by atoms with van der Waals surface area (Å²) >= 11 is 0. The van der Waals surface area contributed by atoms with E-state index in [4.69, 9.17) is 5.11 Å². The summed E-state index contributed by atoms with van der Waals surface area (Å²) in [5, 5.41) is 9.27. The first kappa shape index (κ1) is 20.8. The maximum absolute atomic E-state index is 13.4. The van der Waals surface area contributed by atoms with Crippen molar-refractivity contribution in [3.8, 4) is 0 Å². The number of carboxylic acid groups (broad SMARTS) is 1. The Balaban J connectivity index is 0.00000196. The molecular formula is C15H17FLiN5O5. The largest absolute Gasteiger partial charge is 1.00 e. The fourth-order valence-electron chi connectivity index (χ4n) is 2.96. The Kier molecular flexibility index (Phi) is 6.20. The average molecular weight is 373 g/mol. The molecule has 1 fully saturated rings. The van der Waals surface area contributed by atoms with E-state index in [-0.39, 0.29) is 26.8 Å². The third-order valence-electron chi connectivity index (χ3n) is 4.18. The summed E-state index contributed by atoms with van der Waals surface area (Å²) < 4.78 is 13.4. The molecule has 1 aromatic rings. The standard InChI is InChI=1S/C15H16FN5O5.Li.H/c1-8-5-9-7-20(15(25)21(9)26-12(16)14(23)24)11(8)13(22)19(2)10-6-17-3-4-18-10;;/h3-6,9,11-12H,7H2,1-2H3,(H,23,24);;/q;+1;-1/t9-,11+,12-;;/m1../s1. The zero-order chi connectivity index (χ0) is 19.0. The zero-order valence-corrected chi connectivity index (χ0v) is 14.9. The van der Waals surface area contributed by atoms with Gasteiger partial charge in [0.2, 0.25) is 0 Å². The Morgan fingerprint density at radius 3 is 2.78 bits per heavy atom. The van der Waals surface area contributed by atoms with Gasteiger partial charge >= 0.3 is 37.2 Å². The van der Waals surface area contributed by atoms with E-state index >= 15 is 0 Å². The molecule has 3 atom stereocenters. The zero-order valence-electron chi connectivity index (χ0n) is 15.9. The Morgan fingerprint density at radius 2 is 2.19 bits per heavy atom. The minimum atomic E-state index is -2.68. The van der Waals surface area contributed by atoms with Gasteiger partial charge in [0.15, 0.2) is 5.82 Å². The second kappa shape index (κ2) is 8.04. The summed E-state index contributed by atoms with van der Waals surface area (Å²) in [6.45, 7) is 1.74. The molecule has 0 radical (unpaired) electrons. The topological polar surface area (TPSA) is 116 Å². The number of anilines is 1. The van der Waals surface area contributed by atoms with E-state index in [0.29, 0.717) is 16.5 Å². The summed E-state index contributed by atoms with van der Waals surface area (Å²) in [4.78, 5) is 51.0. The van der Waals surface area contributed by atoms with Crippen LogP contribution >= 0.6 is 0 Å². The molecule has 1 saturated heterocycles. The number of hydroxylamine groups is 2. The van der Waals surface area contributed by atoms with Crippen molar-refractivity contribution < 1.29 is 49.0 Å². The second-order valence-electron chi connectivity index (χ2n) is 5.86. The van der Waals surface area contributed by atoms with Crippen LogP contribution < -0.4 is 23.8 Å². The van der Waals surface area contributed by atoms with Crippen molar-refractivity contribution in [2.24, 2.45) is 0 Å². The number of alkyl halides is 1. The minimum absolute atomic E-state index is 0. The van der Waals surface area contributed by atoms with Crippen LogP contribution in [0.2, 0.25) is 0 Å². The van der Waals surface area contributed by atoms with Crippen LogP contribution in [-0.2, 0) is 14.4 Å². The van der Waals surface area contributed by atoms with E-state index < -0.39 is 36.3 Å². The predicted octanol–water partition coefficient (Wildman–Crippen LogP) is -2.70. The van der Waals surface area contributed by atoms with Crippen molar-refractivity contribution in [3.63, 3.8) is 0 Å². The molecule has 3 amide bonds. The molecule has 2 aliphatic rings. The van der Waals surface area contributed by atoms with Crippen molar-refractivity contribution in [2.45, 2.75) is 25.4 Å². The number of aliphatic carboxylic acids is 1. The molecule has 2 bridgehead atoms. The molecule has 10 nitrogen and oxygen atoms in total. The Bertz CT molecular complexity index is 785. The number of rotatable bonds is 5. The molecule has 0 unspecified atom stereocenters. The van der Waals surface area contributed by atoms with Crippen molar-refractivity contribution >= 4 is 23.7 Å². The van der Waals surface area contributed by atoms with Crippen molar-refractivity contribution in [1.82, 2.24) is 19.9 Å². The van der Waals surface area contributed by atoms with Gasteiger partial charge in [0.25, 0.3) is 5.91 Å². The second-order valence-corrected chi connectivity index (χ2v) is 5.86. The Hall–Kier alpha value is -2.48. The number of amides is 3. The van der Waals surface area contributed by atoms with E-state index in [9.17, 15) is 18.8 Å². The summed E-state index contributed by atoms with van der Waals surface area (Å²) in [5.74, 6) is -1.96. The van der Waals surface area contributed by atoms with Crippen molar-refractivity contribution in [1.29, 1.82) is 0 Å². The monoisotopic (exact) mass is 373 g/mol. The van der Waals surface area contributed by atoms with Crippen LogP contribution in [0.3, 0.4) is 0 Å². The van der Waals surface area contributed by atoms with Gasteiger partial charge in [0, 0.05) is 19.4 Å². The number of hydrogen-bond donors (Lipinski definition) is 1. The Morgan fingerprint density at radius 1 is 1.48 bits per heavy atom. The fourth-order valence-corrected chi connectivity index (χ4v) is 2.96. The molecule has 0 aromatic carbocycles. The molecule has 1 aromatic heterocycles. The molecule has 12 heteroatoms. The molecule has 0 saturated carbocycles. The number of fused-ring (bicyclic) bond motifs is 2. The number of aromatic nitrogens is 2. The number of urea groups is 1. The number of likely N-dealkylation sites (N-methyl/N-ethyl adjacent to an activating group) is 1. The molecule has 1 N–H and O–H groups in total. The van der Waals surface area contributed by atoms with Gasteiger partial charge in [0.1, 0.15) is 6.04 Å². The SMILES string of the molecule is CC1=C[C@@H]2CN(C(=O)N2O[C@@H](F)C(=O)O)[C@@H]1C(=O)N(C)c1cnccn1.[H-].[Li+]. The van der Waals surface area contributed by atoms with E-state index in [1.54, 1.807) is 13.0 Å². The first-order chi connectivity index (χ1) is 12.3. The normalized spacial score (nSPS) is 22.0. The number of hydrogen-bond acceptors (Lipinski definition) is 6. The van der Waals surface area contributed by atoms with Gasteiger partial charge in [0.05, 0.1) is 18.8 Å². The van der Waals surface area contributed by atoms with E-state index in [2.05, 4.69) is 14.8 Å². The van der Waals surface area contributed by atoms with Gasteiger partial charge in [-0.05, 0) is 12.5 Å². The molecule has 0 aliphatic carbocycles. The third kappa shape index (κ3) is 3.80. The molecule has 2 aliphatic heterocycles. The molecule has 3 heterocycles. The predicted molar refractivity (Wildman–Crippen MR) is 85.4 cm³/mol. The van der Waals surface area contributed by atoms with Crippen LogP contribution in [0, 0.1) is 0 Å². The van der Waals surface area contributed by atoms with Crippen LogP contribution in [0.5, 0.6) is 0 Å². The van der Waals surface area contributed by atoms with Gasteiger partial charge in [-0.15, -0.1) is 0 Å². The minimum Gasteiger partial charge on any atom is -1.00 e. The molecule has 140 valence electrons. The van der Waals surface area contributed by atoms with Crippen LogP contribution in [0.25, 0.3) is 0 Å². The summed E-state index contributed by atoms with van der Waals surface area (Å²) in [6, 6.07) is -2.38. The summed E-state index contributed by atoms with van der Waals surface area (Å²) in [7, 11) is 1.50. The van der Waals surface area contributed by atoms with E-state index in [1.807, 2.05) is 0 Å². The van der Waals surface area contributed by atoms with Crippen LogP contribution in [0.4, 0.5) is 15.0 Å². The number of carbonyl (C=O) groups excluding carboxylic acids is 2. The molecule has 3 rings (SSSR count). The van der Waals surface area contributed by atoms with E-state index in [0.717, 1.165) is 0 Å². The number of carboxylic acids is 1. The van der Waals surface area contributed by atoms with Gasteiger partial charge in [-0.1, -0.05) is 6.08 Å². The summed E-state index contributed by atoms with van der Waals surface area (Å²) in [5.41, 5.74) is 0.562. The van der Waals surface area contributed by atoms with Crippen molar-refractivity contribution in [2.75, 3.05) is 18.5 Å². The molecule has 27 heavy (non-hydrogen) atoms. The maximum atomic E-state index is 13.4. The van der Waals surface area contributed by atoms with Crippen LogP contribution in [-0.4, -0.2) is 75.0 Å². The number of halogens is 1. The van der Waals surface area contributed by atoms with Crippen LogP contribution in [0.15, 0.2) is 30.2 Å². The summed E-state index contributed by atoms with van der Waals surface area (Å²) in [6.07, 6.45) is 3.22. The van der Waals surface area contributed by atoms with Gasteiger partial charge in [-0.2, -0.15) is 5.06 Å². The third-order valence-corrected chi connectivity index (χ3v) is 4.18. The molecule has 0 spiro atoms.